The number of guanidine groups is 1. The molecule has 0 aliphatic rings. The predicted molar refractivity (Wildman–Crippen MR) is 113 cm³/mol. The third-order valence-electron chi connectivity index (χ3n) is 4.18. The van der Waals surface area contributed by atoms with Crippen LogP contribution in [0, 0.1) is 5.92 Å². The molecular weight excluding hydrogens is 374 g/mol. The average molecular weight is 398 g/mol. The van der Waals surface area contributed by atoms with Gasteiger partial charge in [-0.15, -0.1) is 5.10 Å². The van der Waals surface area contributed by atoms with Crippen LogP contribution in [0.25, 0.3) is 10.9 Å². The summed E-state index contributed by atoms with van der Waals surface area (Å²) in [6.07, 6.45) is 2.19. The Kier molecular flexibility index (Phi) is 5.51. The fourth-order valence-corrected chi connectivity index (χ4v) is 4.38. The topological polar surface area (TPSA) is 116 Å². The van der Waals surface area contributed by atoms with Crippen molar-refractivity contribution >= 4 is 32.6 Å². The van der Waals surface area contributed by atoms with Crippen LogP contribution in [0.2, 0.25) is 0 Å². The normalized spacial score (nSPS) is 12.5. The summed E-state index contributed by atoms with van der Waals surface area (Å²) in [6.45, 7) is 4.09. The molecule has 0 saturated carbocycles. The van der Waals surface area contributed by atoms with Gasteiger partial charge in [-0.3, -0.25) is 0 Å². The maximum absolute atomic E-state index is 13.2. The van der Waals surface area contributed by atoms with Crippen molar-refractivity contribution in [2.75, 3.05) is 0 Å². The maximum Gasteiger partial charge on any atom is 0.268 e. The maximum atomic E-state index is 13.2. The molecule has 0 bridgehead atoms. The Morgan fingerprint density at radius 3 is 2.29 bits per heavy atom. The summed E-state index contributed by atoms with van der Waals surface area (Å²) in [6, 6.07) is 15.6. The van der Waals surface area contributed by atoms with Gasteiger partial charge in [0.05, 0.1) is 16.1 Å². The highest BCUT2D eigenvalue weighted by molar-refractivity contribution is 7.90. The van der Waals surface area contributed by atoms with Crippen molar-refractivity contribution in [2.45, 2.75) is 25.2 Å². The van der Waals surface area contributed by atoms with Crippen molar-refractivity contribution in [3.63, 3.8) is 0 Å². The van der Waals surface area contributed by atoms with E-state index in [0.717, 1.165) is 5.39 Å². The van der Waals surface area contributed by atoms with E-state index in [2.05, 4.69) is 10.2 Å². The Morgan fingerprint density at radius 1 is 1.00 bits per heavy atom. The number of para-hydroxylation sites is 1. The molecule has 3 aromatic rings. The minimum atomic E-state index is -3.76. The molecule has 0 saturated heterocycles. The second-order valence-corrected chi connectivity index (χ2v) is 8.66. The standard InChI is InChI=1S/C20H23N5O2S/c1-14(2)12-18(23-24-20(21)22)17-13-25(19-11-7-6-10-16(17)19)28(26,27)15-8-4-3-5-9-15/h3-11,13-14H,12H2,1-2H3,(H4,21,22,24). The second-order valence-electron chi connectivity index (χ2n) is 6.84. The largest absolute Gasteiger partial charge is 0.369 e. The monoisotopic (exact) mass is 397 g/mol. The van der Waals surface area contributed by atoms with Gasteiger partial charge in [-0.2, -0.15) is 5.10 Å². The van der Waals surface area contributed by atoms with E-state index in [0.29, 0.717) is 23.2 Å². The second kappa shape index (κ2) is 7.85. The van der Waals surface area contributed by atoms with Crippen LogP contribution in [0.15, 0.2) is 75.9 Å². The van der Waals surface area contributed by atoms with Crippen LogP contribution >= 0.6 is 0 Å². The molecule has 0 unspecified atom stereocenters. The summed E-state index contributed by atoms with van der Waals surface area (Å²) in [5.41, 5.74) is 12.8. The molecule has 0 atom stereocenters. The molecule has 4 N–H and O–H groups in total. The lowest BCUT2D eigenvalue weighted by Gasteiger charge is -2.07. The molecule has 0 aliphatic heterocycles. The highest BCUT2D eigenvalue weighted by Gasteiger charge is 2.23. The zero-order valence-electron chi connectivity index (χ0n) is 15.8. The Hall–Kier alpha value is -3.13. The van der Waals surface area contributed by atoms with Gasteiger partial charge in [-0.1, -0.05) is 50.2 Å². The smallest absolute Gasteiger partial charge is 0.268 e. The molecular formula is C20H23N5O2S. The van der Waals surface area contributed by atoms with Gasteiger partial charge in [-0.25, -0.2) is 12.4 Å². The predicted octanol–water partition coefficient (Wildman–Crippen LogP) is 2.90. The van der Waals surface area contributed by atoms with Gasteiger partial charge in [0, 0.05) is 17.1 Å². The Morgan fingerprint density at radius 2 is 1.64 bits per heavy atom. The van der Waals surface area contributed by atoms with Gasteiger partial charge in [0.15, 0.2) is 0 Å². The van der Waals surface area contributed by atoms with Crippen LogP contribution in [-0.4, -0.2) is 24.1 Å². The van der Waals surface area contributed by atoms with E-state index in [1.165, 1.54) is 3.97 Å². The summed E-state index contributed by atoms with van der Waals surface area (Å²) >= 11 is 0. The minimum absolute atomic E-state index is 0.151. The van der Waals surface area contributed by atoms with E-state index < -0.39 is 10.0 Å². The van der Waals surface area contributed by atoms with Crippen molar-refractivity contribution in [3.05, 3.63) is 66.4 Å². The number of rotatable bonds is 6. The van der Waals surface area contributed by atoms with Gasteiger partial charge in [0.25, 0.3) is 10.0 Å². The van der Waals surface area contributed by atoms with E-state index in [1.54, 1.807) is 48.7 Å². The van der Waals surface area contributed by atoms with Crippen LogP contribution in [-0.2, 0) is 10.0 Å². The molecule has 2 aromatic carbocycles. The summed E-state index contributed by atoms with van der Waals surface area (Å²) < 4.78 is 27.7. The zero-order valence-corrected chi connectivity index (χ0v) is 16.6. The van der Waals surface area contributed by atoms with Crippen LogP contribution in [0.5, 0.6) is 0 Å². The van der Waals surface area contributed by atoms with E-state index in [1.807, 2.05) is 26.0 Å². The third-order valence-corrected chi connectivity index (χ3v) is 5.86. The van der Waals surface area contributed by atoms with Crippen LogP contribution in [0.1, 0.15) is 25.8 Å². The fraction of sp³-hybridized carbons (Fsp3) is 0.200. The van der Waals surface area contributed by atoms with Crippen molar-refractivity contribution in [3.8, 4) is 0 Å². The summed E-state index contributed by atoms with van der Waals surface area (Å²) in [5.74, 6) is 0.127. The number of fused-ring (bicyclic) bond motifs is 1. The van der Waals surface area contributed by atoms with Gasteiger partial charge in [0.2, 0.25) is 5.96 Å². The van der Waals surface area contributed by atoms with Crippen molar-refractivity contribution in [2.24, 2.45) is 27.6 Å². The van der Waals surface area contributed by atoms with E-state index in [-0.39, 0.29) is 16.8 Å². The Labute approximate surface area is 164 Å². The van der Waals surface area contributed by atoms with Gasteiger partial charge >= 0.3 is 0 Å². The average Bonchev–Trinajstić information content (AvgIpc) is 3.06. The van der Waals surface area contributed by atoms with E-state index in [9.17, 15) is 8.42 Å². The summed E-state index contributed by atoms with van der Waals surface area (Å²) in [5, 5.41) is 8.76. The molecule has 1 aromatic heterocycles. The lowest BCUT2D eigenvalue weighted by atomic mass is 10.00. The Bertz CT molecular complexity index is 1140. The molecule has 0 fully saturated rings. The van der Waals surface area contributed by atoms with Gasteiger partial charge < -0.3 is 11.5 Å². The van der Waals surface area contributed by atoms with Crippen molar-refractivity contribution in [1.29, 1.82) is 0 Å². The summed E-state index contributed by atoms with van der Waals surface area (Å²) in [7, 11) is -3.76. The first-order chi connectivity index (χ1) is 13.3. The third kappa shape index (κ3) is 3.91. The SMILES string of the molecule is CC(C)CC(=NN=C(N)N)c1cn(S(=O)(=O)c2ccccc2)c2ccccc12. The highest BCUT2D eigenvalue weighted by Crippen LogP contribution is 2.28. The molecule has 28 heavy (non-hydrogen) atoms. The first-order valence-corrected chi connectivity index (χ1v) is 10.3. The minimum Gasteiger partial charge on any atom is -0.369 e. The summed E-state index contributed by atoms with van der Waals surface area (Å²) in [4.78, 5) is 0.217. The highest BCUT2D eigenvalue weighted by atomic mass is 32.2. The zero-order chi connectivity index (χ0) is 20.3. The lowest BCUT2D eigenvalue weighted by molar-refractivity contribution is 0.589. The molecule has 146 valence electrons. The molecule has 1 heterocycles. The van der Waals surface area contributed by atoms with E-state index >= 15 is 0 Å². The first-order valence-electron chi connectivity index (χ1n) is 8.87. The van der Waals surface area contributed by atoms with Crippen LogP contribution in [0.4, 0.5) is 0 Å². The van der Waals surface area contributed by atoms with Gasteiger partial charge in [-0.05, 0) is 30.5 Å². The molecule has 0 aliphatic carbocycles. The van der Waals surface area contributed by atoms with Crippen molar-refractivity contribution < 1.29 is 8.42 Å². The fourth-order valence-electron chi connectivity index (χ4n) is 2.99. The van der Waals surface area contributed by atoms with E-state index in [4.69, 9.17) is 11.5 Å². The Balaban J connectivity index is 2.26. The molecule has 0 amide bonds. The lowest BCUT2D eigenvalue weighted by Crippen LogP contribution is -2.22. The molecule has 3 rings (SSSR count). The number of nitrogens with two attached hydrogens (primary N) is 2. The number of nitrogens with zero attached hydrogens (tertiary/aromatic N) is 3. The number of benzene rings is 2. The van der Waals surface area contributed by atoms with Crippen LogP contribution < -0.4 is 11.5 Å². The van der Waals surface area contributed by atoms with Gasteiger partial charge in [0.1, 0.15) is 0 Å². The molecule has 0 spiro atoms. The quantitative estimate of drug-likeness (QED) is 0.378. The molecule has 7 nitrogen and oxygen atoms in total. The molecule has 0 radical (unpaired) electrons. The number of hydrogen-bond acceptors (Lipinski definition) is 4. The molecule has 8 heteroatoms. The first kappa shape index (κ1) is 19.6. The van der Waals surface area contributed by atoms with Crippen molar-refractivity contribution in [1.82, 2.24) is 3.97 Å². The number of hydrogen-bond donors (Lipinski definition) is 2. The number of aromatic nitrogens is 1. The van der Waals surface area contributed by atoms with Crippen LogP contribution in [0.3, 0.4) is 0 Å².